The van der Waals surface area contributed by atoms with Gasteiger partial charge in [0.25, 0.3) is 0 Å². The maximum atomic E-state index is 12.8. The summed E-state index contributed by atoms with van der Waals surface area (Å²) in [5.74, 6) is 0.172. The summed E-state index contributed by atoms with van der Waals surface area (Å²) in [5.41, 5.74) is 0. The van der Waals surface area contributed by atoms with E-state index in [0.717, 1.165) is 25.7 Å². The molecule has 110 valence electrons. The summed E-state index contributed by atoms with van der Waals surface area (Å²) >= 11 is 0. The molecule has 1 aromatic carbocycles. The zero-order valence-electron chi connectivity index (χ0n) is 11.8. The van der Waals surface area contributed by atoms with Crippen LogP contribution in [0.25, 0.3) is 0 Å². The highest BCUT2D eigenvalue weighted by Crippen LogP contribution is 2.31. The van der Waals surface area contributed by atoms with Crippen LogP contribution in [0.1, 0.15) is 32.1 Å². The summed E-state index contributed by atoms with van der Waals surface area (Å²) in [7, 11) is 1.41. The van der Waals surface area contributed by atoms with Crippen molar-refractivity contribution in [1.82, 2.24) is 0 Å². The van der Waals surface area contributed by atoms with E-state index in [1.807, 2.05) is 0 Å². The lowest BCUT2D eigenvalue weighted by atomic mass is 9.80. The predicted molar refractivity (Wildman–Crippen MR) is 74.0 cm³/mol. The molecule has 0 radical (unpaired) electrons. The minimum Gasteiger partial charge on any atom is -0.493 e. The summed E-state index contributed by atoms with van der Waals surface area (Å²) in [5, 5.41) is 0. The summed E-state index contributed by atoms with van der Waals surface area (Å²) < 4.78 is 23.4. The van der Waals surface area contributed by atoms with E-state index in [2.05, 4.69) is 0 Å². The van der Waals surface area contributed by atoms with Crippen LogP contribution in [0.5, 0.6) is 5.75 Å². The van der Waals surface area contributed by atoms with Crippen LogP contribution in [0.4, 0.5) is 4.39 Å². The average Bonchev–Trinajstić information content (AvgIpc) is 2.50. The molecule has 1 unspecified atom stereocenters. The van der Waals surface area contributed by atoms with E-state index < -0.39 is 0 Å². The van der Waals surface area contributed by atoms with E-state index in [0.29, 0.717) is 18.3 Å². The molecule has 1 saturated carbocycles. The number of hydrogen-bond donors (Lipinski definition) is 0. The highest BCUT2D eigenvalue weighted by atomic mass is 19.1. The number of carbonyl (C=O) groups is 1. The third-order valence-electron chi connectivity index (χ3n) is 3.97. The molecule has 1 aromatic rings. The van der Waals surface area contributed by atoms with E-state index in [9.17, 15) is 9.18 Å². The summed E-state index contributed by atoms with van der Waals surface area (Å²) in [6, 6.07) is 5.85. The Morgan fingerprint density at radius 2 is 1.90 bits per heavy atom. The average molecular weight is 280 g/mol. The Morgan fingerprint density at radius 3 is 2.50 bits per heavy atom. The standard InChI is InChI=1S/C16H21FO3/c1-19-16(18)15(12-5-3-2-4-6-12)11-20-14-9-7-13(17)8-10-14/h7-10,12,15H,2-6,11H2,1H3. The van der Waals surface area contributed by atoms with Gasteiger partial charge in [0.15, 0.2) is 0 Å². The number of carbonyl (C=O) groups excluding carboxylic acids is 1. The van der Waals surface area contributed by atoms with Gasteiger partial charge in [0, 0.05) is 0 Å². The minimum absolute atomic E-state index is 0.209. The van der Waals surface area contributed by atoms with Crippen molar-refractivity contribution < 1.29 is 18.7 Å². The van der Waals surface area contributed by atoms with Crippen molar-refractivity contribution in [1.29, 1.82) is 0 Å². The molecule has 1 atom stereocenters. The maximum Gasteiger partial charge on any atom is 0.312 e. The third-order valence-corrected chi connectivity index (χ3v) is 3.97. The van der Waals surface area contributed by atoms with Gasteiger partial charge < -0.3 is 9.47 Å². The first-order valence-corrected chi connectivity index (χ1v) is 7.17. The lowest BCUT2D eigenvalue weighted by Gasteiger charge is -2.28. The number of rotatable bonds is 5. The van der Waals surface area contributed by atoms with E-state index >= 15 is 0 Å². The molecular weight excluding hydrogens is 259 g/mol. The van der Waals surface area contributed by atoms with Crippen LogP contribution in [0, 0.1) is 17.7 Å². The molecule has 1 aliphatic carbocycles. The topological polar surface area (TPSA) is 35.5 Å². The lowest BCUT2D eigenvalue weighted by molar-refractivity contribution is -0.149. The van der Waals surface area contributed by atoms with Crippen molar-refractivity contribution >= 4 is 5.97 Å². The van der Waals surface area contributed by atoms with Gasteiger partial charge in [-0.1, -0.05) is 19.3 Å². The van der Waals surface area contributed by atoms with Crippen molar-refractivity contribution in [2.24, 2.45) is 11.8 Å². The van der Waals surface area contributed by atoms with Gasteiger partial charge in [-0.15, -0.1) is 0 Å². The van der Waals surface area contributed by atoms with Crippen molar-refractivity contribution in [3.8, 4) is 5.75 Å². The highest BCUT2D eigenvalue weighted by molar-refractivity contribution is 5.72. The number of methoxy groups -OCH3 is 1. The Balaban J connectivity index is 1.96. The Kier molecular flexibility index (Phi) is 5.39. The van der Waals surface area contributed by atoms with Crippen molar-refractivity contribution in [3.63, 3.8) is 0 Å². The molecule has 1 fully saturated rings. The second kappa shape index (κ2) is 7.27. The second-order valence-electron chi connectivity index (χ2n) is 5.29. The zero-order chi connectivity index (χ0) is 14.4. The van der Waals surface area contributed by atoms with Gasteiger partial charge in [-0.05, 0) is 43.0 Å². The molecule has 0 aromatic heterocycles. The zero-order valence-corrected chi connectivity index (χ0v) is 11.8. The van der Waals surface area contributed by atoms with E-state index in [1.54, 1.807) is 12.1 Å². The van der Waals surface area contributed by atoms with E-state index in [4.69, 9.17) is 9.47 Å². The third kappa shape index (κ3) is 3.95. The van der Waals surface area contributed by atoms with Crippen LogP contribution in [0.2, 0.25) is 0 Å². The maximum absolute atomic E-state index is 12.8. The lowest BCUT2D eigenvalue weighted by Crippen LogP contribution is -2.31. The number of esters is 1. The molecule has 0 heterocycles. The fourth-order valence-electron chi connectivity index (χ4n) is 2.80. The normalized spacial score (nSPS) is 17.5. The first-order valence-electron chi connectivity index (χ1n) is 7.17. The van der Waals surface area contributed by atoms with Crippen LogP contribution in [0.15, 0.2) is 24.3 Å². The molecule has 0 saturated heterocycles. The van der Waals surface area contributed by atoms with Crippen molar-refractivity contribution in [2.45, 2.75) is 32.1 Å². The molecule has 0 spiro atoms. The van der Waals surface area contributed by atoms with Gasteiger partial charge in [0.1, 0.15) is 18.2 Å². The minimum atomic E-state index is -0.297. The number of benzene rings is 1. The molecule has 0 N–H and O–H groups in total. The molecule has 2 rings (SSSR count). The van der Waals surface area contributed by atoms with Gasteiger partial charge in [0.05, 0.1) is 13.0 Å². The van der Waals surface area contributed by atoms with Gasteiger partial charge in [-0.25, -0.2) is 4.39 Å². The molecular formula is C16H21FO3. The first-order chi connectivity index (χ1) is 9.70. The Bertz CT molecular complexity index is 424. The van der Waals surface area contributed by atoms with E-state index in [1.165, 1.54) is 25.7 Å². The van der Waals surface area contributed by atoms with Gasteiger partial charge in [0.2, 0.25) is 0 Å². The Labute approximate surface area is 119 Å². The van der Waals surface area contributed by atoms with Crippen LogP contribution in [-0.2, 0) is 9.53 Å². The number of ether oxygens (including phenoxy) is 2. The van der Waals surface area contributed by atoms with Crippen LogP contribution < -0.4 is 4.74 Å². The molecule has 4 heteroatoms. The number of halogens is 1. The van der Waals surface area contributed by atoms with Crippen molar-refractivity contribution in [3.05, 3.63) is 30.1 Å². The van der Waals surface area contributed by atoms with Crippen molar-refractivity contribution in [2.75, 3.05) is 13.7 Å². The molecule has 3 nitrogen and oxygen atoms in total. The smallest absolute Gasteiger partial charge is 0.312 e. The Morgan fingerprint density at radius 1 is 1.25 bits per heavy atom. The molecule has 1 aliphatic rings. The van der Waals surface area contributed by atoms with Gasteiger partial charge in [-0.2, -0.15) is 0 Å². The van der Waals surface area contributed by atoms with Gasteiger partial charge >= 0.3 is 5.97 Å². The molecule has 20 heavy (non-hydrogen) atoms. The highest BCUT2D eigenvalue weighted by Gasteiger charge is 2.31. The largest absolute Gasteiger partial charge is 0.493 e. The fraction of sp³-hybridized carbons (Fsp3) is 0.562. The quantitative estimate of drug-likeness (QED) is 0.773. The SMILES string of the molecule is COC(=O)C(COc1ccc(F)cc1)C1CCCCC1. The van der Waals surface area contributed by atoms with E-state index in [-0.39, 0.29) is 17.7 Å². The monoisotopic (exact) mass is 280 g/mol. The number of hydrogen-bond acceptors (Lipinski definition) is 3. The van der Waals surface area contributed by atoms with Crippen LogP contribution in [-0.4, -0.2) is 19.7 Å². The summed E-state index contributed by atoms with van der Waals surface area (Å²) in [6.45, 7) is 0.295. The van der Waals surface area contributed by atoms with Gasteiger partial charge in [-0.3, -0.25) is 4.79 Å². The molecule has 0 aliphatic heterocycles. The Hall–Kier alpha value is -1.58. The van der Waals surface area contributed by atoms with Crippen LogP contribution in [0.3, 0.4) is 0 Å². The molecule has 0 amide bonds. The fourth-order valence-corrected chi connectivity index (χ4v) is 2.80. The summed E-state index contributed by atoms with van der Waals surface area (Å²) in [4.78, 5) is 11.9. The summed E-state index contributed by atoms with van der Waals surface area (Å²) in [6.07, 6.45) is 5.66. The first kappa shape index (κ1) is 14.8. The predicted octanol–water partition coefficient (Wildman–Crippen LogP) is 3.57. The molecule has 0 bridgehead atoms. The van der Waals surface area contributed by atoms with Crippen LogP contribution >= 0.6 is 0 Å². The second-order valence-corrected chi connectivity index (χ2v) is 5.29.